The number of nitrogens with one attached hydrogen (secondary N) is 1. The highest BCUT2D eigenvalue weighted by Crippen LogP contribution is 2.42. The molecule has 1 unspecified atom stereocenters. The molecule has 102 heavy (non-hydrogen) atoms. The summed E-state index contributed by atoms with van der Waals surface area (Å²) in [5.41, 5.74) is 11.7. The van der Waals surface area contributed by atoms with Crippen molar-refractivity contribution in [2.45, 2.75) is 44.9 Å². The van der Waals surface area contributed by atoms with Gasteiger partial charge in [-0.25, -0.2) is 13.2 Å². The molecule has 7 aromatic carbocycles. The van der Waals surface area contributed by atoms with Gasteiger partial charge in [0.1, 0.15) is 46.2 Å². The molecule has 1 atom stereocenters. The van der Waals surface area contributed by atoms with E-state index in [2.05, 4.69) is 48.1 Å². The number of carbonyl (C=O) groups excluding carboxylic acids is 5. The fourth-order valence-corrected chi connectivity index (χ4v) is 13.9. The number of hydrogen-bond acceptors (Lipinski definition) is 18. The first kappa shape index (κ1) is 76.3. The average molecular weight is 1510 g/mol. The zero-order valence-corrected chi connectivity index (χ0v) is 60.7. The Labute approximate surface area is 610 Å². The Bertz CT molecular complexity index is 4200. The maximum Gasteiger partial charge on any atom is 0.189 e. The third-order valence-electron chi connectivity index (χ3n) is 18.5. The zero-order chi connectivity index (χ0) is 72.4. The molecule has 0 bridgehead atoms. The smallest absolute Gasteiger partial charge is 0.189 e. The molecule has 4 heterocycles. The standard InChI is InChI=1S/C21H21ClFNO3.C21H19ClFNO3.C14H17NO3.C10H9BrO2.C8H7FO2.C4H9NO/c2*1-26-20-12-17-14(10-19(20)24-4-6-27-7-5-24)9-15(21(17)25)8-13-2-3-16(22)11-18(13)23;1-17-14-9-11-10(2-3-13(11)16)8-12(14)15-4-6-18-7-5-15;1-13-10-5-7-6(4-8(10)11)2-3-9(7)12;1-11-7-3-2-6(5-10)8(9)4-7;1-3-6-4-2-5-1/h2-3,10-12,15H,4-9H2,1H3;2-3,8,10-12H,4-7,9H2,1H3;8-9H,2-7H2,1H3;4-5H,2-3H2,1H3;2-5H,1H3;5H,1-4H2/b;15-8+;;;;. The van der Waals surface area contributed by atoms with Crippen LogP contribution < -0.4 is 43.7 Å². The number of benzene rings is 7. The lowest BCUT2D eigenvalue weighted by atomic mass is 9.95. The van der Waals surface area contributed by atoms with Gasteiger partial charge in [0.05, 0.1) is 116 Å². The second-order valence-electron chi connectivity index (χ2n) is 24.7. The number of allylic oxidation sites excluding steroid dienone is 1. The van der Waals surface area contributed by atoms with E-state index in [1.807, 2.05) is 30.3 Å². The molecule has 0 radical (unpaired) electrons. The fourth-order valence-electron chi connectivity index (χ4n) is 13.0. The first-order valence-electron chi connectivity index (χ1n) is 33.7. The highest BCUT2D eigenvalue weighted by atomic mass is 79.9. The predicted octanol–water partition coefficient (Wildman–Crippen LogP) is 13.6. The largest absolute Gasteiger partial charge is 0.497 e. The lowest BCUT2D eigenvalue weighted by molar-refractivity contribution is 0.0933. The van der Waals surface area contributed by atoms with E-state index >= 15 is 0 Å². The Morgan fingerprint density at radius 1 is 0.500 bits per heavy atom. The van der Waals surface area contributed by atoms with Crippen LogP contribution in [-0.2, 0) is 51.1 Å². The van der Waals surface area contributed by atoms with Crippen LogP contribution in [0.15, 0.2) is 113 Å². The Balaban J connectivity index is 0.000000139. The topological polar surface area (TPSA) is 190 Å². The van der Waals surface area contributed by atoms with Crippen LogP contribution in [0.1, 0.15) is 98.0 Å². The van der Waals surface area contributed by atoms with E-state index in [0.29, 0.717) is 120 Å². The molecule has 4 fully saturated rings. The quantitative estimate of drug-likeness (QED) is 0.0897. The van der Waals surface area contributed by atoms with Gasteiger partial charge in [0.15, 0.2) is 29.4 Å². The normalized spacial score (nSPS) is 17.5. The van der Waals surface area contributed by atoms with E-state index in [1.54, 1.807) is 64.8 Å². The Morgan fingerprint density at radius 3 is 1.44 bits per heavy atom. The molecular formula is C78H82BrCl2F3N4O14. The molecule has 24 heteroatoms. The maximum atomic E-state index is 14.2. The van der Waals surface area contributed by atoms with Gasteiger partial charge in [-0.2, -0.15) is 0 Å². The molecule has 0 aromatic heterocycles. The van der Waals surface area contributed by atoms with E-state index in [0.717, 1.165) is 158 Å². The van der Waals surface area contributed by atoms with Gasteiger partial charge >= 0.3 is 0 Å². The van der Waals surface area contributed by atoms with Crippen LogP contribution in [-0.4, -0.2) is 170 Å². The van der Waals surface area contributed by atoms with Gasteiger partial charge in [-0.15, -0.1) is 0 Å². The van der Waals surface area contributed by atoms with E-state index in [1.165, 1.54) is 37.4 Å². The van der Waals surface area contributed by atoms with Gasteiger partial charge in [0.25, 0.3) is 0 Å². The summed E-state index contributed by atoms with van der Waals surface area (Å²) in [6.45, 7) is 12.9. The van der Waals surface area contributed by atoms with Crippen molar-refractivity contribution in [2.75, 3.05) is 155 Å². The minimum absolute atomic E-state index is 0.0470. The van der Waals surface area contributed by atoms with Gasteiger partial charge in [-0.3, -0.25) is 24.0 Å². The molecule has 0 saturated carbocycles. The molecule has 0 spiro atoms. The number of Topliss-reactive ketones (excluding diaryl/α,β-unsaturated/α-hetero) is 4. The lowest BCUT2D eigenvalue weighted by Gasteiger charge is -2.30. The third kappa shape index (κ3) is 19.1. The number of methoxy groups -OCH3 is 5. The van der Waals surface area contributed by atoms with E-state index in [-0.39, 0.29) is 40.4 Å². The minimum atomic E-state index is -0.556. The summed E-state index contributed by atoms with van der Waals surface area (Å²) in [6.07, 6.45) is 6.50. The number of carbonyl (C=O) groups is 5. The maximum absolute atomic E-state index is 14.2. The van der Waals surface area contributed by atoms with Crippen molar-refractivity contribution in [3.63, 3.8) is 0 Å². The summed E-state index contributed by atoms with van der Waals surface area (Å²) in [4.78, 5) is 65.7. The van der Waals surface area contributed by atoms with Gasteiger partial charge in [0.2, 0.25) is 0 Å². The fraction of sp³-hybridized carbons (Fsp3) is 0.372. The summed E-state index contributed by atoms with van der Waals surface area (Å²) in [7, 11) is 7.92. The van der Waals surface area contributed by atoms with Crippen molar-refractivity contribution in [1.82, 2.24) is 5.32 Å². The Kier molecular flexibility index (Phi) is 27.5. The van der Waals surface area contributed by atoms with Crippen LogP contribution in [0.3, 0.4) is 0 Å². The van der Waals surface area contributed by atoms with Crippen LogP contribution >= 0.6 is 39.1 Å². The van der Waals surface area contributed by atoms with E-state index < -0.39 is 11.6 Å². The number of rotatable bonds is 12. The average Bonchev–Trinajstić information content (AvgIpc) is 1.62. The van der Waals surface area contributed by atoms with E-state index in [9.17, 15) is 37.1 Å². The molecule has 1 N–H and O–H groups in total. The zero-order valence-electron chi connectivity index (χ0n) is 57.6. The number of fused-ring (bicyclic) bond motifs is 4. The molecule has 4 aliphatic carbocycles. The predicted molar refractivity (Wildman–Crippen MR) is 390 cm³/mol. The van der Waals surface area contributed by atoms with Crippen molar-refractivity contribution in [3.8, 4) is 28.7 Å². The number of hydrogen-bond donors (Lipinski definition) is 1. The molecule has 7 aromatic rings. The van der Waals surface area contributed by atoms with Crippen molar-refractivity contribution < 1.29 is 79.8 Å². The number of ketones is 4. The number of aldehydes is 1. The summed E-state index contributed by atoms with van der Waals surface area (Å²) in [6, 6.07) is 28.6. The third-order valence-corrected chi connectivity index (χ3v) is 19.6. The highest BCUT2D eigenvalue weighted by Gasteiger charge is 2.34. The Hall–Kier alpha value is -8.32. The SMILES string of the molecule is C1COCCN1.COc1cc2c(cc1Br)CCC2=O.COc1cc2c(cc1N1CCOCC1)C/C(=C\c1ccc(Cl)cc1F)C2=O.COc1cc2c(cc1N1CCOCC1)CC(Cc1ccc(Cl)cc1F)C2=O.COc1cc2c(cc1N1CCOCC1)CCC2=O.COc1ccc(C=O)c(F)c1. The van der Waals surface area contributed by atoms with Gasteiger partial charge < -0.3 is 62.6 Å². The molecule has 0 amide bonds. The van der Waals surface area contributed by atoms with Crippen LogP contribution in [0, 0.1) is 23.4 Å². The summed E-state index contributed by atoms with van der Waals surface area (Å²) < 4.78 is 89.5. The molecule has 18 nitrogen and oxygen atoms in total. The first-order chi connectivity index (χ1) is 49.4. The van der Waals surface area contributed by atoms with Crippen molar-refractivity contribution in [2.24, 2.45) is 5.92 Å². The summed E-state index contributed by atoms with van der Waals surface area (Å²) in [5, 5.41) is 3.85. The molecule has 4 aliphatic heterocycles. The van der Waals surface area contributed by atoms with Crippen LogP contribution in [0.25, 0.3) is 6.08 Å². The van der Waals surface area contributed by atoms with Crippen LogP contribution in [0.2, 0.25) is 10.0 Å². The van der Waals surface area contributed by atoms with Gasteiger partial charge in [0, 0.05) is 127 Å². The molecule has 15 rings (SSSR count). The van der Waals surface area contributed by atoms with Crippen molar-refractivity contribution >= 4 is 91.7 Å². The molecule has 4 saturated heterocycles. The second kappa shape index (κ2) is 36.7. The number of ether oxygens (including phenoxy) is 9. The van der Waals surface area contributed by atoms with Gasteiger partial charge in [-0.1, -0.05) is 35.3 Å². The van der Waals surface area contributed by atoms with Crippen molar-refractivity contribution in [1.29, 1.82) is 0 Å². The highest BCUT2D eigenvalue weighted by molar-refractivity contribution is 9.10. The number of aryl methyl sites for hydroxylation is 2. The van der Waals surface area contributed by atoms with Crippen LogP contribution in [0.4, 0.5) is 30.2 Å². The first-order valence-corrected chi connectivity index (χ1v) is 35.3. The monoisotopic (exact) mass is 1500 g/mol. The minimum Gasteiger partial charge on any atom is -0.497 e. The Morgan fingerprint density at radius 2 is 0.961 bits per heavy atom. The number of anilines is 3. The van der Waals surface area contributed by atoms with Crippen molar-refractivity contribution in [3.05, 3.63) is 202 Å². The number of nitrogens with zero attached hydrogens (tertiary/aromatic N) is 3. The second-order valence-corrected chi connectivity index (χ2v) is 26.5. The number of halogens is 6. The van der Waals surface area contributed by atoms with Crippen LogP contribution in [0.5, 0.6) is 28.7 Å². The summed E-state index contributed by atoms with van der Waals surface area (Å²) >= 11 is 15.0. The summed E-state index contributed by atoms with van der Waals surface area (Å²) in [5.74, 6) is 2.09. The number of morpholine rings is 4. The molecular weight excluding hydrogens is 1420 g/mol. The molecule has 8 aliphatic rings. The van der Waals surface area contributed by atoms with Gasteiger partial charge in [-0.05, 0) is 160 Å². The lowest BCUT2D eigenvalue weighted by Crippen LogP contribution is -2.36. The van der Waals surface area contributed by atoms with E-state index in [4.69, 9.17) is 65.8 Å². The molecule has 540 valence electrons.